The summed E-state index contributed by atoms with van der Waals surface area (Å²) in [7, 11) is 0. The number of halogens is 2. The number of hydrogen-bond donors (Lipinski definition) is 0. The molecular weight excluding hydrogens is 419 g/mol. The lowest BCUT2D eigenvalue weighted by Crippen LogP contribution is -2.46. The van der Waals surface area contributed by atoms with Gasteiger partial charge >= 0.3 is 0 Å². The molecule has 1 saturated heterocycles. The highest BCUT2D eigenvalue weighted by Gasteiger charge is 2.23. The second-order valence-electron chi connectivity index (χ2n) is 6.60. The van der Waals surface area contributed by atoms with Gasteiger partial charge in [-0.05, 0) is 30.7 Å². The van der Waals surface area contributed by atoms with E-state index in [2.05, 4.69) is 22.8 Å². The number of rotatable bonds is 2. The number of piperazine rings is 1. The fraction of sp³-hybridized carbons (Fsp3) is 0.263. The average molecular weight is 435 g/mol. The van der Waals surface area contributed by atoms with Gasteiger partial charge < -0.3 is 9.80 Å². The number of thiazole rings is 2. The number of anilines is 2. The van der Waals surface area contributed by atoms with E-state index in [1.54, 1.807) is 22.7 Å². The molecule has 0 bridgehead atoms. The number of aromatic nitrogens is 2. The molecule has 5 rings (SSSR count). The van der Waals surface area contributed by atoms with Crippen molar-refractivity contribution < 1.29 is 0 Å². The molecule has 4 aromatic rings. The van der Waals surface area contributed by atoms with E-state index < -0.39 is 0 Å². The molecule has 138 valence electrons. The molecule has 0 spiro atoms. The molecule has 1 aliphatic heterocycles. The first-order valence-electron chi connectivity index (χ1n) is 8.71. The molecule has 0 saturated carbocycles. The van der Waals surface area contributed by atoms with Gasteiger partial charge in [0, 0.05) is 26.2 Å². The molecule has 0 radical (unpaired) electrons. The van der Waals surface area contributed by atoms with Gasteiger partial charge in [0.25, 0.3) is 0 Å². The van der Waals surface area contributed by atoms with Crippen molar-refractivity contribution in [3.05, 3.63) is 45.9 Å². The Hall–Kier alpha value is -1.60. The van der Waals surface area contributed by atoms with E-state index in [1.165, 1.54) is 5.56 Å². The van der Waals surface area contributed by atoms with Crippen LogP contribution in [0, 0.1) is 6.92 Å². The number of hydrogen-bond acceptors (Lipinski definition) is 6. The maximum atomic E-state index is 6.36. The highest BCUT2D eigenvalue weighted by atomic mass is 35.5. The SMILES string of the molecule is Cc1ccc(Cl)c2sc(N3CCN(c4nc5c(Cl)cccc5s4)CC3)nc12. The van der Waals surface area contributed by atoms with Crippen LogP contribution >= 0.6 is 45.9 Å². The Balaban J connectivity index is 1.37. The third kappa shape index (κ3) is 3.05. The van der Waals surface area contributed by atoms with E-state index in [4.69, 9.17) is 33.2 Å². The number of aryl methyl sites for hydroxylation is 1. The van der Waals surface area contributed by atoms with Crippen molar-refractivity contribution in [3.8, 4) is 0 Å². The summed E-state index contributed by atoms with van der Waals surface area (Å²) in [5.74, 6) is 0. The summed E-state index contributed by atoms with van der Waals surface area (Å²) in [4.78, 5) is 14.3. The summed E-state index contributed by atoms with van der Waals surface area (Å²) in [6, 6.07) is 9.93. The zero-order valence-corrected chi connectivity index (χ0v) is 17.7. The van der Waals surface area contributed by atoms with Crippen molar-refractivity contribution in [2.24, 2.45) is 0 Å². The van der Waals surface area contributed by atoms with Gasteiger partial charge in [-0.15, -0.1) is 0 Å². The lowest BCUT2D eigenvalue weighted by molar-refractivity contribution is 0.651. The Labute approximate surface area is 175 Å². The quantitative estimate of drug-likeness (QED) is 0.396. The summed E-state index contributed by atoms with van der Waals surface area (Å²) in [6.07, 6.45) is 0. The highest BCUT2D eigenvalue weighted by molar-refractivity contribution is 7.23. The van der Waals surface area contributed by atoms with Gasteiger partial charge in [0.2, 0.25) is 0 Å². The molecule has 0 unspecified atom stereocenters. The topological polar surface area (TPSA) is 32.3 Å². The maximum Gasteiger partial charge on any atom is 0.186 e. The van der Waals surface area contributed by atoms with Crippen molar-refractivity contribution in [2.75, 3.05) is 36.0 Å². The normalized spacial score (nSPS) is 15.2. The minimum absolute atomic E-state index is 0.718. The van der Waals surface area contributed by atoms with E-state index in [0.717, 1.165) is 66.9 Å². The first kappa shape index (κ1) is 17.5. The molecule has 2 aromatic heterocycles. The Bertz CT molecular complexity index is 1110. The Morgan fingerprint density at radius 3 is 2.15 bits per heavy atom. The van der Waals surface area contributed by atoms with Crippen molar-refractivity contribution in [1.82, 2.24) is 9.97 Å². The monoisotopic (exact) mass is 434 g/mol. The third-order valence-electron chi connectivity index (χ3n) is 4.87. The second-order valence-corrected chi connectivity index (χ2v) is 9.40. The summed E-state index contributed by atoms with van der Waals surface area (Å²) in [5, 5.41) is 3.59. The van der Waals surface area contributed by atoms with E-state index in [0.29, 0.717) is 0 Å². The molecule has 0 aliphatic carbocycles. The van der Waals surface area contributed by atoms with Crippen LogP contribution in [-0.2, 0) is 0 Å². The van der Waals surface area contributed by atoms with Gasteiger partial charge in [-0.1, -0.05) is 58.0 Å². The number of para-hydroxylation sites is 1. The zero-order valence-electron chi connectivity index (χ0n) is 14.6. The summed E-state index contributed by atoms with van der Waals surface area (Å²) in [6.45, 7) is 5.75. The number of fused-ring (bicyclic) bond motifs is 2. The fourth-order valence-electron chi connectivity index (χ4n) is 3.35. The van der Waals surface area contributed by atoms with Crippen LogP contribution in [-0.4, -0.2) is 36.1 Å². The van der Waals surface area contributed by atoms with Gasteiger partial charge in [-0.3, -0.25) is 0 Å². The van der Waals surface area contributed by atoms with Gasteiger partial charge in [0.1, 0.15) is 5.52 Å². The van der Waals surface area contributed by atoms with Gasteiger partial charge in [0.05, 0.1) is 25.0 Å². The molecule has 8 heteroatoms. The van der Waals surface area contributed by atoms with Crippen molar-refractivity contribution in [1.29, 1.82) is 0 Å². The standard InChI is InChI=1S/C19H16Cl2N4S2/c1-11-5-6-13(21)17-15(11)22-19(27-17)25-9-7-24(8-10-25)18-23-16-12(20)3-2-4-14(16)26-18/h2-6H,7-10H2,1H3. The van der Waals surface area contributed by atoms with Gasteiger partial charge in [-0.25, -0.2) is 9.97 Å². The van der Waals surface area contributed by atoms with Crippen LogP contribution in [0.3, 0.4) is 0 Å². The molecule has 27 heavy (non-hydrogen) atoms. The first-order valence-corrected chi connectivity index (χ1v) is 11.1. The predicted octanol–water partition coefficient (Wildman–Crippen LogP) is 5.85. The van der Waals surface area contributed by atoms with E-state index in [-0.39, 0.29) is 0 Å². The van der Waals surface area contributed by atoms with Crippen LogP contribution in [0.1, 0.15) is 5.56 Å². The molecule has 2 aromatic carbocycles. The van der Waals surface area contributed by atoms with E-state index in [1.807, 2.05) is 24.3 Å². The molecule has 0 N–H and O–H groups in total. The van der Waals surface area contributed by atoms with Crippen LogP contribution in [0.15, 0.2) is 30.3 Å². The lowest BCUT2D eigenvalue weighted by Gasteiger charge is -2.34. The molecule has 0 amide bonds. The predicted molar refractivity (Wildman–Crippen MR) is 118 cm³/mol. The molecule has 4 nitrogen and oxygen atoms in total. The van der Waals surface area contributed by atoms with Crippen LogP contribution in [0.4, 0.5) is 10.3 Å². The summed E-state index contributed by atoms with van der Waals surface area (Å²) in [5.41, 5.74) is 3.09. The van der Waals surface area contributed by atoms with Crippen LogP contribution in [0.2, 0.25) is 10.0 Å². The first-order chi connectivity index (χ1) is 13.1. The van der Waals surface area contributed by atoms with Crippen LogP contribution in [0.5, 0.6) is 0 Å². The Kier molecular flexibility index (Phi) is 4.39. The lowest BCUT2D eigenvalue weighted by atomic mass is 10.2. The van der Waals surface area contributed by atoms with Crippen LogP contribution in [0.25, 0.3) is 20.4 Å². The van der Waals surface area contributed by atoms with Crippen LogP contribution < -0.4 is 9.80 Å². The fourth-order valence-corrected chi connectivity index (χ4v) is 6.04. The average Bonchev–Trinajstić information content (AvgIpc) is 3.31. The minimum atomic E-state index is 0.718. The van der Waals surface area contributed by atoms with Gasteiger partial charge in [0.15, 0.2) is 10.3 Å². The summed E-state index contributed by atoms with van der Waals surface area (Å²) < 4.78 is 2.21. The second kappa shape index (κ2) is 6.78. The Morgan fingerprint density at radius 1 is 0.815 bits per heavy atom. The molecular formula is C19H16Cl2N4S2. The van der Waals surface area contributed by atoms with E-state index in [9.17, 15) is 0 Å². The molecule has 0 atom stereocenters. The highest BCUT2D eigenvalue weighted by Crippen LogP contribution is 2.37. The summed E-state index contributed by atoms with van der Waals surface area (Å²) >= 11 is 16.0. The van der Waals surface area contributed by atoms with Crippen molar-refractivity contribution in [3.63, 3.8) is 0 Å². The Morgan fingerprint density at radius 2 is 1.48 bits per heavy atom. The third-order valence-corrected chi connectivity index (χ3v) is 7.83. The minimum Gasteiger partial charge on any atom is -0.345 e. The smallest absolute Gasteiger partial charge is 0.186 e. The largest absolute Gasteiger partial charge is 0.345 e. The number of benzene rings is 2. The molecule has 1 aliphatic rings. The van der Waals surface area contributed by atoms with Gasteiger partial charge in [-0.2, -0.15) is 0 Å². The maximum absolute atomic E-state index is 6.36. The number of nitrogens with zero attached hydrogens (tertiary/aromatic N) is 4. The van der Waals surface area contributed by atoms with Crippen molar-refractivity contribution in [2.45, 2.75) is 6.92 Å². The molecule has 3 heterocycles. The van der Waals surface area contributed by atoms with Crippen molar-refractivity contribution >= 4 is 76.6 Å². The zero-order chi connectivity index (χ0) is 18.5. The van der Waals surface area contributed by atoms with E-state index >= 15 is 0 Å². The molecule has 1 fully saturated rings.